The van der Waals surface area contributed by atoms with E-state index in [1.807, 2.05) is 0 Å². The highest BCUT2D eigenvalue weighted by Crippen LogP contribution is 2.67. The molecule has 0 saturated heterocycles. The van der Waals surface area contributed by atoms with Crippen molar-refractivity contribution in [1.29, 1.82) is 0 Å². The number of ketones is 1. The lowest BCUT2D eigenvalue weighted by Crippen LogP contribution is -2.57. The molecule has 0 aromatic heterocycles. The van der Waals surface area contributed by atoms with Crippen LogP contribution in [0.5, 0.6) is 0 Å². The normalized spacial score (nSPS) is 44.1. The minimum absolute atomic E-state index is 0.0539. The Balaban J connectivity index is 1.50. The Morgan fingerprint density at radius 1 is 1.09 bits per heavy atom. The van der Waals surface area contributed by atoms with Crippen LogP contribution in [-0.4, -0.2) is 30.9 Å². The van der Waals surface area contributed by atoms with Gasteiger partial charge in [0.15, 0.2) is 0 Å². The first-order valence-electron chi connectivity index (χ1n) is 12.9. The summed E-state index contributed by atoms with van der Waals surface area (Å²) in [5.74, 6) is 3.00. The van der Waals surface area contributed by atoms with Crippen molar-refractivity contribution in [2.24, 2.45) is 46.3 Å². The van der Waals surface area contributed by atoms with Gasteiger partial charge in [-0.15, -0.1) is 0 Å². The van der Waals surface area contributed by atoms with Crippen LogP contribution in [0.1, 0.15) is 91.9 Å². The van der Waals surface area contributed by atoms with Crippen molar-refractivity contribution in [3.8, 4) is 0 Å². The van der Waals surface area contributed by atoms with Gasteiger partial charge in [-0.25, -0.2) is 0 Å². The highest BCUT2D eigenvalue weighted by atomic mass is 16.5. The molecule has 0 N–H and O–H groups in total. The number of Topliss-reactive ketones (excluding diaryl/α,β-unsaturated/α-hetero) is 1. The number of esters is 2. The van der Waals surface area contributed by atoms with Crippen molar-refractivity contribution in [3.63, 3.8) is 0 Å². The summed E-state index contributed by atoms with van der Waals surface area (Å²) in [5.41, 5.74) is -0.0556. The predicted octanol–water partition coefficient (Wildman–Crippen LogP) is 5.35. The minimum Gasteiger partial charge on any atom is -0.469 e. The number of hydrogen-bond donors (Lipinski definition) is 0. The Morgan fingerprint density at radius 2 is 1.84 bits per heavy atom. The maximum Gasteiger partial charge on any atom is 0.305 e. The van der Waals surface area contributed by atoms with Crippen LogP contribution in [0, 0.1) is 46.3 Å². The molecular formula is C27H42O5. The van der Waals surface area contributed by atoms with E-state index in [4.69, 9.17) is 9.47 Å². The summed E-state index contributed by atoms with van der Waals surface area (Å²) >= 11 is 0. The zero-order chi connectivity index (χ0) is 23.3. The van der Waals surface area contributed by atoms with E-state index in [1.54, 1.807) is 0 Å². The molecule has 0 heterocycles. The summed E-state index contributed by atoms with van der Waals surface area (Å²) in [6.45, 7) is 8.43. The summed E-state index contributed by atoms with van der Waals surface area (Å²) in [5, 5.41) is 0. The van der Waals surface area contributed by atoms with Crippen LogP contribution in [0.4, 0.5) is 0 Å². The summed E-state index contributed by atoms with van der Waals surface area (Å²) in [4.78, 5) is 37.0. The molecule has 0 aromatic rings. The molecule has 0 spiro atoms. The van der Waals surface area contributed by atoms with Crippen LogP contribution in [0.3, 0.4) is 0 Å². The average Bonchev–Trinajstić information content (AvgIpc) is 3.11. The monoisotopic (exact) mass is 446 g/mol. The second-order valence-electron chi connectivity index (χ2n) is 11.8. The molecule has 0 aromatic carbocycles. The molecule has 0 amide bonds. The number of ether oxygens (including phenoxy) is 2. The second kappa shape index (κ2) is 8.76. The topological polar surface area (TPSA) is 69.7 Å². The van der Waals surface area contributed by atoms with Gasteiger partial charge < -0.3 is 9.47 Å². The minimum atomic E-state index is -0.241. The van der Waals surface area contributed by atoms with Crippen LogP contribution in [0.15, 0.2) is 0 Å². The number of carbonyl (C=O) groups excluding carboxylic acids is 3. The van der Waals surface area contributed by atoms with Gasteiger partial charge in [-0.1, -0.05) is 20.8 Å². The van der Waals surface area contributed by atoms with Crippen molar-refractivity contribution in [1.82, 2.24) is 0 Å². The van der Waals surface area contributed by atoms with E-state index >= 15 is 0 Å². The lowest BCUT2D eigenvalue weighted by Gasteiger charge is -2.60. The van der Waals surface area contributed by atoms with Crippen molar-refractivity contribution in [3.05, 3.63) is 0 Å². The van der Waals surface area contributed by atoms with Crippen LogP contribution in [0.2, 0.25) is 0 Å². The van der Waals surface area contributed by atoms with Gasteiger partial charge in [-0.05, 0) is 92.3 Å². The fourth-order valence-corrected chi connectivity index (χ4v) is 8.86. The molecule has 0 bridgehead atoms. The zero-order valence-corrected chi connectivity index (χ0v) is 20.7. The summed E-state index contributed by atoms with van der Waals surface area (Å²) in [7, 11) is 1.45. The third-order valence-electron chi connectivity index (χ3n) is 10.6. The Hall–Kier alpha value is -1.39. The Labute approximate surface area is 193 Å². The van der Waals surface area contributed by atoms with Gasteiger partial charge in [0.05, 0.1) is 7.11 Å². The first-order chi connectivity index (χ1) is 15.1. The molecule has 4 fully saturated rings. The zero-order valence-electron chi connectivity index (χ0n) is 20.7. The SMILES string of the molecule is COC(=O)CC[C@H](C)[C@@H]1CC[C@@H]2[C@@H]3CC[C@@H]4C[C@H](OC(C)=O)CC[C@]4(C)[C@@H]3CC(=O)[C@@]21C. The van der Waals surface area contributed by atoms with Gasteiger partial charge in [0.2, 0.25) is 0 Å². The molecule has 0 unspecified atom stereocenters. The first kappa shape index (κ1) is 23.8. The van der Waals surface area contributed by atoms with Gasteiger partial charge >= 0.3 is 11.9 Å². The quantitative estimate of drug-likeness (QED) is 0.533. The highest BCUT2D eigenvalue weighted by Gasteiger charge is 2.64. The number of methoxy groups -OCH3 is 1. The fraction of sp³-hybridized carbons (Fsp3) is 0.889. The molecule has 4 aliphatic rings. The van der Waals surface area contributed by atoms with Crippen LogP contribution >= 0.6 is 0 Å². The number of hydrogen-bond acceptors (Lipinski definition) is 5. The summed E-state index contributed by atoms with van der Waals surface area (Å²) in [6, 6.07) is 0. The molecule has 32 heavy (non-hydrogen) atoms. The van der Waals surface area contributed by atoms with E-state index in [0.29, 0.717) is 54.1 Å². The molecular weight excluding hydrogens is 404 g/mol. The molecule has 5 heteroatoms. The fourth-order valence-electron chi connectivity index (χ4n) is 8.86. The van der Waals surface area contributed by atoms with Crippen LogP contribution < -0.4 is 0 Å². The molecule has 0 aliphatic heterocycles. The van der Waals surface area contributed by atoms with Gasteiger partial charge in [0, 0.05) is 25.2 Å². The van der Waals surface area contributed by atoms with E-state index in [-0.39, 0.29) is 28.9 Å². The first-order valence-corrected chi connectivity index (χ1v) is 12.9. The summed E-state index contributed by atoms with van der Waals surface area (Å²) in [6.07, 6.45) is 9.61. The molecule has 4 aliphatic carbocycles. The van der Waals surface area contributed by atoms with E-state index in [0.717, 1.165) is 38.5 Å². The van der Waals surface area contributed by atoms with Crippen LogP contribution in [-0.2, 0) is 23.9 Å². The van der Waals surface area contributed by atoms with Crippen molar-refractivity contribution in [2.75, 3.05) is 7.11 Å². The van der Waals surface area contributed by atoms with Crippen LogP contribution in [0.25, 0.3) is 0 Å². The van der Waals surface area contributed by atoms with Crippen molar-refractivity contribution >= 4 is 17.7 Å². The third kappa shape index (κ3) is 3.81. The molecule has 9 atom stereocenters. The van der Waals surface area contributed by atoms with E-state index in [1.165, 1.54) is 26.9 Å². The third-order valence-corrected chi connectivity index (χ3v) is 10.6. The number of carbonyl (C=O) groups is 3. The molecule has 5 nitrogen and oxygen atoms in total. The van der Waals surface area contributed by atoms with Gasteiger partial charge in [0.1, 0.15) is 11.9 Å². The molecule has 4 rings (SSSR count). The smallest absolute Gasteiger partial charge is 0.305 e. The lowest BCUT2D eigenvalue weighted by atomic mass is 9.44. The maximum atomic E-state index is 13.8. The van der Waals surface area contributed by atoms with E-state index < -0.39 is 0 Å². The second-order valence-corrected chi connectivity index (χ2v) is 11.8. The van der Waals surface area contributed by atoms with Gasteiger partial charge in [0.25, 0.3) is 0 Å². The Kier molecular flexibility index (Phi) is 6.50. The maximum absolute atomic E-state index is 13.8. The van der Waals surface area contributed by atoms with E-state index in [9.17, 15) is 14.4 Å². The van der Waals surface area contributed by atoms with Crippen molar-refractivity contribution in [2.45, 2.75) is 98.0 Å². The Morgan fingerprint density at radius 3 is 2.53 bits per heavy atom. The van der Waals surface area contributed by atoms with Gasteiger partial charge in [-0.3, -0.25) is 14.4 Å². The standard InChI is InChI=1S/C27H42O5/c1-16(6-11-25(30)31-5)21-9-10-22-20-8-7-18-14-19(32-17(2)28)12-13-26(18,3)23(20)15-24(29)27(21,22)4/h16,18-23H,6-15H2,1-5H3/t16-,18+,19+,20-,21-,22+,23+,26-,27+/m0/s1. The van der Waals surface area contributed by atoms with Crippen molar-refractivity contribution < 1.29 is 23.9 Å². The largest absolute Gasteiger partial charge is 0.469 e. The lowest BCUT2D eigenvalue weighted by molar-refractivity contribution is -0.167. The van der Waals surface area contributed by atoms with E-state index in [2.05, 4.69) is 20.8 Å². The predicted molar refractivity (Wildman–Crippen MR) is 122 cm³/mol. The molecule has 4 saturated carbocycles. The molecule has 0 radical (unpaired) electrons. The number of fused-ring (bicyclic) bond motifs is 5. The average molecular weight is 447 g/mol. The highest BCUT2D eigenvalue weighted by molar-refractivity contribution is 5.87. The van der Waals surface area contributed by atoms with Gasteiger partial charge in [-0.2, -0.15) is 0 Å². The Bertz CT molecular complexity index is 761. The summed E-state index contributed by atoms with van der Waals surface area (Å²) < 4.78 is 10.4. The number of rotatable bonds is 5. The molecule has 180 valence electrons.